The lowest BCUT2D eigenvalue weighted by atomic mass is 9.93. The molecule has 5 heteroatoms. The molecule has 0 fully saturated rings. The minimum Gasteiger partial charge on any atom is -0.480 e. The summed E-state index contributed by atoms with van der Waals surface area (Å²) >= 11 is 0. The maximum Gasteiger partial charge on any atom is 0.408 e. The summed E-state index contributed by atoms with van der Waals surface area (Å²) in [5, 5.41) is 12.0. The van der Waals surface area contributed by atoms with E-state index in [4.69, 9.17) is 4.74 Å². The highest BCUT2D eigenvalue weighted by Crippen LogP contribution is 2.44. The van der Waals surface area contributed by atoms with E-state index in [-0.39, 0.29) is 12.5 Å². The second-order valence-corrected chi connectivity index (χ2v) is 6.54. The van der Waals surface area contributed by atoms with E-state index in [1.54, 1.807) is 13.8 Å². The lowest BCUT2D eigenvalue weighted by Gasteiger charge is -2.27. The quantitative estimate of drug-likeness (QED) is 0.817. The number of aliphatic carboxylic acids is 1. The number of carbonyl (C=O) groups excluding carboxylic acids is 1. The molecule has 3 rings (SSSR count). The monoisotopic (exact) mass is 353 g/mol. The zero-order chi connectivity index (χ0) is 18.7. The maximum atomic E-state index is 12.3. The van der Waals surface area contributed by atoms with E-state index in [1.165, 1.54) is 0 Å². The highest BCUT2D eigenvalue weighted by Gasteiger charge is 2.37. The molecule has 1 aliphatic rings. The van der Waals surface area contributed by atoms with Crippen LogP contribution in [0.25, 0.3) is 11.1 Å². The van der Waals surface area contributed by atoms with Gasteiger partial charge in [0.2, 0.25) is 0 Å². The maximum absolute atomic E-state index is 12.3. The van der Waals surface area contributed by atoms with Gasteiger partial charge < -0.3 is 15.2 Å². The van der Waals surface area contributed by atoms with Gasteiger partial charge in [0.25, 0.3) is 0 Å². The Labute approximate surface area is 153 Å². The number of rotatable bonds is 6. The molecule has 2 aromatic rings. The van der Waals surface area contributed by atoms with Crippen LogP contribution in [0, 0.1) is 0 Å². The number of alkyl carbamates (subject to hydrolysis) is 1. The van der Waals surface area contributed by atoms with Crippen LogP contribution in [0.5, 0.6) is 0 Å². The Morgan fingerprint density at radius 1 is 1.00 bits per heavy atom. The second-order valence-electron chi connectivity index (χ2n) is 6.54. The topological polar surface area (TPSA) is 75.6 Å². The molecule has 0 aliphatic heterocycles. The fourth-order valence-corrected chi connectivity index (χ4v) is 3.61. The first-order chi connectivity index (χ1) is 12.5. The van der Waals surface area contributed by atoms with E-state index in [1.807, 2.05) is 36.4 Å². The van der Waals surface area contributed by atoms with Crippen LogP contribution in [-0.4, -0.2) is 29.3 Å². The van der Waals surface area contributed by atoms with Gasteiger partial charge in [0, 0.05) is 5.92 Å². The predicted molar refractivity (Wildman–Crippen MR) is 99.2 cm³/mol. The zero-order valence-corrected chi connectivity index (χ0v) is 15.0. The summed E-state index contributed by atoms with van der Waals surface area (Å²) in [4.78, 5) is 23.8. The Morgan fingerprint density at radius 2 is 1.50 bits per heavy atom. The van der Waals surface area contributed by atoms with E-state index in [0.717, 1.165) is 22.3 Å². The fourth-order valence-electron chi connectivity index (χ4n) is 3.61. The van der Waals surface area contributed by atoms with Crippen molar-refractivity contribution in [2.75, 3.05) is 6.61 Å². The van der Waals surface area contributed by atoms with Crippen molar-refractivity contribution in [3.63, 3.8) is 0 Å². The van der Waals surface area contributed by atoms with Crippen LogP contribution in [0.3, 0.4) is 0 Å². The highest BCUT2D eigenvalue weighted by atomic mass is 16.5. The molecular formula is C21H23NO4. The lowest BCUT2D eigenvalue weighted by molar-refractivity contribution is -0.145. The second kappa shape index (κ2) is 7.20. The van der Waals surface area contributed by atoms with Gasteiger partial charge in [0.1, 0.15) is 12.1 Å². The Kier molecular flexibility index (Phi) is 4.98. The average Bonchev–Trinajstić information content (AvgIpc) is 2.98. The summed E-state index contributed by atoms with van der Waals surface area (Å²) < 4.78 is 5.44. The smallest absolute Gasteiger partial charge is 0.408 e. The van der Waals surface area contributed by atoms with Crippen LogP contribution in [0.15, 0.2) is 48.5 Å². The molecule has 26 heavy (non-hydrogen) atoms. The fraction of sp³-hybridized carbons (Fsp3) is 0.333. The van der Waals surface area contributed by atoms with Gasteiger partial charge in [-0.25, -0.2) is 9.59 Å². The number of hydrogen-bond acceptors (Lipinski definition) is 3. The number of amides is 1. The molecule has 1 aliphatic carbocycles. The number of ether oxygens (including phenoxy) is 1. The molecule has 0 spiro atoms. The summed E-state index contributed by atoms with van der Waals surface area (Å²) in [5.74, 6) is -1.09. The number of carbonyl (C=O) groups is 2. The number of hydrogen-bond donors (Lipinski definition) is 2. The van der Waals surface area contributed by atoms with Crippen molar-refractivity contribution in [3.8, 4) is 11.1 Å². The first-order valence-corrected chi connectivity index (χ1v) is 8.89. The average molecular weight is 353 g/mol. The molecule has 136 valence electrons. The summed E-state index contributed by atoms with van der Waals surface area (Å²) in [5.41, 5.74) is 3.26. The molecule has 0 saturated heterocycles. The third kappa shape index (κ3) is 3.05. The van der Waals surface area contributed by atoms with Crippen molar-refractivity contribution in [1.29, 1.82) is 0 Å². The molecule has 0 heterocycles. The van der Waals surface area contributed by atoms with E-state index in [9.17, 15) is 14.7 Å². The molecular weight excluding hydrogens is 330 g/mol. The molecule has 0 bridgehead atoms. The molecule has 2 N–H and O–H groups in total. The van der Waals surface area contributed by atoms with E-state index < -0.39 is 17.6 Å². The van der Waals surface area contributed by atoms with Gasteiger partial charge in [-0.05, 0) is 35.1 Å². The van der Waals surface area contributed by atoms with Crippen molar-refractivity contribution in [3.05, 3.63) is 59.7 Å². The van der Waals surface area contributed by atoms with Crippen LogP contribution >= 0.6 is 0 Å². The Balaban J connectivity index is 1.76. The molecule has 0 saturated carbocycles. The van der Waals surface area contributed by atoms with Crippen LogP contribution in [0.4, 0.5) is 4.79 Å². The molecule has 1 amide bonds. The van der Waals surface area contributed by atoms with E-state index >= 15 is 0 Å². The van der Waals surface area contributed by atoms with E-state index in [2.05, 4.69) is 17.4 Å². The number of fused-ring (bicyclic) bond motifs is 3. The molecule has 5 nitrogen and oxygen atoms in total. The number of carboxylic acids is 1. The predicted octanol–water partition coefficient (Wildman–Crippen LogP) is 4.17. The lowest BCUT2D eigenvalue weighted by Crippen LogP contribution is -2.54. The third-order valence-corrected chi connectivity index (χ3v) is 5.30. The van der Waals surface area contributed by atoms with Gasteiger partial charge >= 0.3 is 12.1 Å². The Morgan fingerprint density at radius 3 is 1.96 bits per heavy atom. The van der Waals surface area contributed by atoms with Crippen molar-refractivity contribution in [2.45, 2.75) is 38.1 Å². The van der Waals surface area contributed by atoms with Crippen LogP contribution in [-0.2, 0) is 9.53 Å². The zero-order valence-electron chi connectivity index (χ0n) is 15.0. The molecule has 2 aromatic carbocycles. The van der Waals surface area contributed by atoms with Gasteiger partial charge in [-0.15, -0.1) is 0 Å². The summed E-state index contributed by atoms with van der Waals surface area (Å²) in [6.45, 7) is 3.64. The van der Waals surface area contributed by atoms with Gasteiger partial charge in [-0.1, -0.05) is 62.4 Å². The van der Waals surface area contributed by atoms with Crippen molar-refractivity contribution < 1.29 is 19.4 Å². The first kappa shape index (κ1) is 18.0. The van der Waals surface area contributed by atoms with Gasteiger partial charge in [-0.3, -0.25) is 0 Å². The molecule has 0 aromatic heterocycles. The first-order valence-electron chi connectivity index (χ1n) is 8.89. The Hall–Kier alpha value is -2.82. The number of benzene rings is 2. The van der Waals surface area contributed by atoms with E-state index in [0.29, 0.717) is 12.8 Å². The Bertz CT molecular complexity index is 781. The van der Waals surface area contributed by atoms with Gasteiger partial charge in [0.05, 0.1) is 0 Å². The standard InChI is InChI=1S/C21H23NO4/c1-3-21(4-2,19(23)24)22-20(25)26-13-18-16-11-7-5-9-14(16)15-10-6-8-12-17(15)18/h5-12,18H,3-4,13H2,1-2H3,(H,22,25)(H,23,24). The third-order valence-electron chi connectivity index (χ3n) is 5.30. The number of nitrogens with one attached hydrogen (secondary N) is 1. The minimum atomic E-state index is -1.29. The summed E-state index contributed by atoms with van der Waals surface area (Å²) in [6.07, 6.45) is -0.107. The SMILES string of the molecule is CCC(CC)(NC(=O)OCC1c2ccccc2-c2ccccc21)C(=O)O. The summed E-state index contributed by atoms with van der Waals surface area (Å²) in [7, 11) is 0. The number of carboxylic acid groups (broad SMARTS) is 1. The summed E-state index contributed by atoms with van der Waals surface area (Å²) in [6, 6.07) is 16.2. The van der Waals surface area contributed by atoms with Crippen LogP contribution in [0.1, 0.15) is 43.7 Å². The highest BCUT2D eigenvalue weighted by molar-refractivity contribution is 5.84. The van der Waals surface area contributed by atoms with Crippen molar-refractivity contribution in [2.24, 2.45) is 0 Å². The van der Waals surface area contributed by atoms with Crippen molar-refractivity contribution >= 4 is 12.1 Å². The molecule has 0 atom stereocenters. The normalized spacial score (nSPS) is 13.0. The van der Waals surface area contributed by atoms with Crippen LogP contribution in [0.2, 0.25) is 0 Å². The van der Waals surface area contributed by atoms with Gasteiger partial charge in [0.15, 0.2) is 0 Å². The molecule has 0 radical (unpaired) electrons. The minimum absolute atomic E-state index is 0.0457. The van der Waals surface area contributed by atoms with Gasteiger partial charge in [-0.2, -0.15) is 0 Å². The largest absolute Gasteiger partial charge is 0.480 e. The van der Waals surface area contributed by atoms with Crippen molar-refractivity contribution in [1.82, 2.24) is 5.32 Å². The molecule has 0 unspecified atom stereocenters. The van der Waals surface area contributed by atoms with Crippen LogP contribution < -0.4 is 5.32 Å².